The maximum atomic E-state index is 4.24. The third-order valence-corrected chi connectivity index (χ3v) is 2.34. The third kappa shape index (κ3) is 1.83. The van der Waals surface area contributed by atoms with E-state index in [9.17, 15) is 0 Å². The Labute approximate surface area is 85.8 Å². The minimum Gasteiger partial charge on any atom is -0.345 e. The fourth-order valence-corrected chi connectivity index (χ4v) is 1.61. The number of hydrogen-bond acceptors (Lipinski definition) is 3. The van der Waals surface area contributed by atoms with Crippen LogP contribution in [0.25, 0.3) is 0 Å². The van der Waals surface area contributed by atoms with Crippen LogP contribution in [-0.4, -0.2) is 25.0 Å². The van der Waals surface area contributed by atoms with Gasteiger partial charge in [-0.2, -0.15) is 5.10 Å². The second-order valence-electron chi connectivity index (χ2n) is 3.01. The number of hydrazone groups is 1. The van der Waals surface area contributed by atoms with Crippen LogP contribution in [-0.2, 0) is 0 Å². The van der Waals surface area contributed by atoms with Crippen molar-refractivity contribution in [3.63, 3.8) is 0 Å². The molecule has 0 atom stereocenters. The summed E-state index contributed by atoms with van der Waals surface area (Å²) in [5.41, 5.74) is 1.11. The summed E-state index contributed by atoms with van der Waals surface area (Å²) in [4.78, 5) is 2.03. The quantitative estimate of drug-likeness (QED) is 0.748. The van der Waals surface area contributed by atoms with Crippen molar-refractivity contribution in [1.29, 1.82) is 0 Å². The first-order chi connectivity index (χ1) is 6.25. The Hall–Kier alpha value is -1.03. The molecule has 1 aliphatic rings. The molecule has 0 bridgehead atoms. The van der Waals surface area contributed by atoms with Crippen molar-refractivity contribution in [1.82, 2.24) is 4.90 Å². The van der Waals surface area contributed by atoms with E-state index in [-0.39, 0.29) is 0 Å². The highest BCUT2D eigenvalue weighted by atomic mass is 79.9. The molecule has 2 rings (SSSR count). The molecule has 0 aromatic heterocycles. The molecule has 0 spiro atoms. The van der Waals surface area contributed by atoms with Gasteiger partial charge >= 0.3 is 0 Å². The van der Waals surface area contributed by atoms with Crippen molar-refractivity contribution in [2.45, 2.75) is 0 Å². The van der Waals surface area contributed by atoms with Gasteiger partial charge in [0.05, 0.1) is 5.69 Å². The Morgan fingerprint density at radius 2 is 2.31 bits per heavy atom. The van der Waals surface area contributed by atoms with Crippen LogP contribution in [0.2, 0.25) is 0 Å². The molecule has 0 unspecified atom stereocenters. The van der Waals surface area contributed by atoms with Crippen molar-refractivity contribution < 1.29 is 0 Å². The fourth-order valence-electron chi connectivity index (χ4n) is 1.22. The van der Waals surface area contributed by atoms with Gasteiger partial charge in [0.2, 0.25) is 0 Å². The number of halogens is 1. The van der Waals surface area contributed by atoms with E-state index in [4.69, 9.17) is 0 Å². The van der Waals surface area contributed by atoms with Crippen molar-refractivity contribution in [2.75, 3.05) is 18.7 Å². The predicted molar refractivity (Wildman–Crippen MR) is 57.7 cm³/mol. The lowest BCUT2D eigenvalue weighted by atomic mass is 10.3. The Balaban J connectivity index is 2.22. The molecule has 1 aliphatic heterocycles. The van der Waals surface area contributed by atoms with Gasteiger partial charge in [0.1, 0.15) is 13.0 Å². The molecule has 0 amide bonds. The Morgan fingerprint density at radius 1 is 1.46 bits per heavy atom. The minimum absolute atomic E-state index is 0.816. The van der Waals surface area contributed by atoms with Crippen LogP contribution < -0.4 is 5.01 Å². The van der Waals surface area contributed by atoms with Gasteiger partial charge in [-0.1, -0.05) is 22.0 Å². The second kappa shape index (κ2) is 3.38. The molecule has 68 valence electrons. The first kappa shape index (κ1) is 8.56. The first-order valence-electron chi connectivity index (χ1n) is 4.03. The third-order valence-electron chi connectivity index (χ3n) is 1.85. The van der Waals surface area contributed by atoms with E-state index in [2.05, 4.69) is 27.1 Å². The summed E-state index contributed by atoms with van der Waals surface area (Å²) < 4.78 is 1.08. The fraction of sp³-hybridized carbons (Fsp3) is 0.222. The number of rotatable bonds is 1. The summed E-state index contributed by atoms with van der Waals surface area (Å²) in [6.45, 7) is 0.816. The van der Waals surface area contributed by atoms with Gasteiger partial charge in [-0.15, -0.1) is 0 Å². The van der Waals surface area contributed by atoms with Gasteiger partial charge < -0.3 is 4.90 Å². The van der Waals surface area contributed by atoms with E-state index in [0.717, 1.165) is 16.8 Å². The molecule has 13 heavy (non-hydrogen) atoms. The van der Waals surface area contributed by atoms with E-state index in [1.54, 1.807) is 0 Å². The number of benzene rings is 1. The largest absolute Gasteiger partial charge is 0.345 e. The Kier molecular flexibility index (Phi) is 2.22. The van der Waals surface area contributed by atoms with Crippen LogP contribution in [0.4, 0.5) is 5.69 Å². The zero-order chi connectivity index (χ0) is 9.26. The molecular formula is C9H10BrN3. The topological polar surface area (TPSA) is 18.8 Å². The molecule has 0 saturated carbocycles. The molecule has 1 aromatic carbocycles. The lowest BCUT2D eigenvalue weighted by Gasteiger charge is -2.15. The van der Waals surface area contributed by atoms with Crippen molar-refractivity contribution >= 4 is 28.0 Å². The van der Waals surface area contributed by atoms with Gasteiger partial charge in [-0.25, -0.2) is 5.01 Å². The Morgan fingerprint density at radius 3 is 2.92 bits per heavy atom. The lowest BCUT2D eigenvalue weighted by molar-refractivity contribution is 0.549. The summed E-state index contributed by atoms with van der Waals surface area (Å²) in [6, 6.07) is 8.11. The van der Waals surface area contributed by atoms with Crippen LogP contribution >= 0.6 is 15.9 Å². The van der Waals surface area contributed by atoms with Crippen molar-refractivity contribution in [3.05, 3.63) is 28.7 Å². The summed E-state index contributed by atoms with van der Waals surface area (Å²) in [7, 11) is 2.00. The predicted octanol–water partition coefficient (Wildman–Crippen LogP) is 2.10. The average molecular weight is 240 g/mol. The summed E-state index contributed by atoms with van der Waals surface area (Å²) in [6.07, 6.45) is 1.82. The van der Waals surface area contributed by atoms with Crippen LogP contribution in [0.15, 0.2) is 33.8 Å². The summed E-state index contributed by atoms with van der Waals surface area (Å²) in [5.74, 6) is 0. The molecule has 0 aliphatic carbocycles. The molecule has 4 heteroatoms. The van der Waals surface area contributed by atoms with E-state index in [0.29, 0.717) is 0 Å². The summed E-state index contributed by atoms with van der Waals surface area (Å²) in [5, 5.41) is 6.19. The average Bonchev–Trinajstić information content (AvgIpc) is 2.52. The van der Waals surface area contributed by atoms with Crippen LogP contribution in [0.3, 0.4) is 0 Å². The summed E-state index contributed by atoms with van der Waals surface area (Å²) >= 11 is 3.43. The maximum Gasteiger partial charge on any atom is 0.113 e. The maximum absolute atomic E-state index is 4.24. The Bertz CT molecular complexity index is 337. The highest BCUT2D eigenvalue weighted by Crippen LogP contribution is 2.21. The smallest absolute Gasteiger partial charge is 0.113 e. The lowest BCUT2D eigenvalue weighted by Crippen LogP contribution is -2.22. The van der Waals surface area contributed by atoms with Gasteiger partial charge in [-0.05, 0) is 18.2 Å². The van der Waals surface area contributed by atoms with Crippen molar-refractivity contribution in [2.24, 2.45) is 5.10 Å². The van der Waals surface area contributed by atoms with Crippen LogP contribution in [0.5, 0.6) is 0 Å². The number of hydrogen-bond donors (Lipinski definition) is 0. The standard InChI is InChI=1S/C9H10BrN3/c1-12-6-11-13(7-12)9-4-2-3-8(10)5-9/h2-6H,7H2,1H3. The first-order valence-corrected chi connectivity index (χ1v) is 4.82. The van der Waals surface area contributed by atoms with Crippen LogP contribution in [0.1, 0.15) is 0 Å². The number of anilines is 1. The zero-order valence-electron chi connectivity index (χ0n) is 7.31. The van der Waals surface area contributed by atoms with Crippen molar-refractivity contribution in [3.8, 4) is 0 Å². The molecule has 0 saturated heterocycles. The van der Waals surface area contributed by atoms with E-state index in [1.165, 1.54) is 0 Å². The monoisotopic (exact) mass is 239 g/mol. The van der Waals surface area contributed by atoms with Gasteiger partial charge in [0, 0.05) is 11.5 Å². The van der Waals surface area contributed by atoms with Gasteiger partial charge in [-0.3, -0.25) is 0 Å². The second-order valence-corrected chi connectivity index (χ2v) is 3.92. The normalized spacial score (nSPS) is 15.5. The molecular weight excluding hydrogens is 230 g/mol. The van der Waals surface area contributed by atoms with E-state index < -0.39 is 0 Å². The molecule has 1 heterocycles. The van der Waals surface area contributed by atoms with Gasteiger partial charge in [0.15, 0.2) is 0 Å². The van der Waals surface area contributed by atoms with Gasteiger partial charge in [0.25, 0.3) is 0 Å². The molecule has 0 fully saturated rings. The van der Waals surface area contributed by atoms with E-state index >= 15 is 0 Å². The minimum atomic E-state index is 0.816. The van der Waals surface area contributed by atoms with E-state index in [1.807, 2.05) is 41.5 Å². The van der Waals surface area contributed by atoms with Crippen LogP contribution in [0, 0.1) is 0 Å². The highest BCUT2D eigenvalue weighted by molar-refractivity contribution is 9.10. The molecule has 0 radical (unpaired) electrons. The molecule has 1 aromatic rings. The number of nitrogens with zero attached hydrogens (tertiary/aromatic N) is 3. The molecule has 3 nitrogen and oxygen atoms in total. The SMILES string of the molecule is CN1C=NN(c2cccc(Br)c2)C1. The molecule has 0 N–H and O–H groups in total. The zero-order valence-corrected chi connectivity index (χ0v) is 8.90. The highest BCUT2D eigenvalue weighted by Gasteiger charge is 2.11.